The van der Waals surface area contributed by atoms with Gasteiger partial charge in [-0.2, -0.15) is 0 Å². The number of carbonyl (C=O) groups excluding carboxylic acids is 1. The van der Waals surface area contributed by atoms with Gasteiger partial charge >= 0.3 is 0 Å². The summed E-state index contributed by atoms with van der Waals surface area (Å²) in [7, 11) is -2.03. The number of nitrogens with zero attached hydrogens (tertiary/aromatic N) is 1. The zero-order chi connectivity index (χ0) is 16.3. The summed E-state index contributed by atoms with van der Waals surface area (Å²) in [5.74, 6) is 0.637. The molecule has 1 aliphatic carbocycles. The molecular weight excluding hydrogens is 304 g/mol. The second kappa shape index (κ2) is 6.66. The van der Waals surface area contributed by atoms with E-state index >= 15 is 0 Å². The van der Waals surface area contributed by atoms with Crippen molar-refractivity contribution in [3.8, 4) is 5.75 Å². The average molecular weight is 326 g/mol. The lowest BCUT2D eigenvalue weighted by molar-refractivity contribution is -0.129. The second-order valence-corrected chi connectivity index (χ2v) is 7.24. The molecule has 0 radical (unpaired) electrons. The van der Waals surface area contributed by atoms with Gasteiger partial charge in [0.15, 0.2) is 0 Å². The van der Waals surface area contributed by atoms with Crippen molar-refractivity contribution < 1.29 is 17.9 Å². The molecule has 22 heavy (non-hydrogen) atoms. The first-order chi connectivity index (χ1) is 10.3. The van der Waals surface area contributed by atoms with E-state index in [9.17, 15) is 13.2 Å². The van der Waals surface area contributed by atoms with E-state index in [2.05, 4.69) is 4.72 Å². The summed E-state index contributed by atoms with van der Waals surface area (Å²) in [6, 6.07) is 5.00. The van der Waals surface area contributed by atoms with Crippen LogP contribution in [-0.2, 0) is 14.8 Å². The molecule has 0 heterocycles. The van der Waals surface area contributed by atoms with E-state index in [1.165, 1.54) is 13.0 Å². The first kappa shape index (κ1) is 16.8. The van der Waals surface area contributed by atoms with Crippen molar-refractivity contribution in [3.05, 3.63) is 23.8 Å². The fourth-order valence-corrected chi connectivity index (χ4v) is 3.49. The second-order valence-electron chi connectivity index (χ2n) is 5.47. The lowest BCUT2D eigenvalue weighted by atomic mass is 10.2. The molecule has 0 aliphatic heterocycles. The van der Waals surface area contributed by atoms with E-state index in [1.807, 2.05) is 0 Å². The van der Waals surface area contributed by atoms with Crippen LogP contribution in [0, 0.1) is 6.92 Å². The molecule has 1 aromatic carbocycles. The van der Waals surface area contributed by atoms with E-state index in [-0.39, 0.29) is 23.4 Å². The SMILES string of the molecule is COc1ccc(S(=O)(=O)NCCN(C(C)=O)C2CC2)cc1C. The highest BCUT2D eigenvalue weighted by Gasteiger charge is 2.30. The number of ether oxygens (including phenoxy) is 1. The van der Waals surface area contributed by atoms with Crippen LogP contribution in [0.1, 0.15) is 25.3 Å². The summed E-state index contributed by atoms with van der Waals surface area (Å²) in [5.41, 5.74) is 0.758. The minimum Gasteiger partial charge on any atom is -0.496 e. The van der Waals surface area contributed by atoms with Crippen LogP contribution in [0.25, 0.3) is 0 Å². The fraction of sp³-hybridized carbons (Fsp3) is 0.533. The molecule has 2 rings (SSSR count). The van der Waals surface area contributed by atoms with E-state index in [4.69, 9.17) is 4.74 Å². The number of amides is 1. The first-order valence-corrected chi connectivity index (χ1v) is 8.75. The van der Waals surface area contributed by atoms with Crippen LogP contribution < -0.4 is 9.46 Å². The minimum atomic E-state index is -3.58. The summed E-state index contributed by atoms with van der Waals surface area (Å²) in [6.45, 7) is 3.92. The monoisotopic (exact) mass is 326 g/mol. The molecule has 0 bridgehead atoms. The van der Waals surface area contributed by atoms with Gasteiger partial charge < -0.3 is 9.64 Å². The quantitative estimate of drug-likeness (QED) is 0.819. The Morgan fingerprint density at radius 3 is 2.59 bits per heavy atom. The molecular formula is C15H22N2O4S. The average Bonchev–Trinajstić information content (AvgIpc) is 3.27. The van der Waals surface area contributed by atoms with Gasteiger partial charge in [0.2, 0.25) is 15.9 Å². The maximum absolute atomic E-state index is 12.3. The summed E-state index contributed by atoms with van der Waals surface area (Å²) in [4.78, 5) is 13.4. The Bertz CT molecular complexity index is 654. The molecule has 0 aromatic heterocycles. The number of aryl methyl sites for hydroxylation is 1. The van der Waals surface area contributed by atoms with E-state index in [0.717, 1.165) is 18.4 Å². The van der Waals surface area contributed by atoms with Crippen LogP contribution in [0.15, 0.2) is 23.1 Å². The van der Waals surface area contributed by atoms with Crippen molar-refractivity contribution in [2.45, 2.75) is 37.6 Å². The normalized spacial score (nSPS) is 14.7. The molecule has 0 spiro atoms. The molecule has 1 N–H and O–H groups in total. The Morgan fingerprint density at radius 1 is 1.41 bits per heavy atom. The van der Waals surface area contributed by atoms with Gasteiger partial charge in [-0.3, -0.25) is 4.79 Å². The smallest absolute Gasteiger partial charge is 0.240 e. The largest absolute Gasteiger partial charge is 0.496 e. The highest BCUT2D eigenvalue weighted by molar-refractivity contribution is 7.89. The standard InChI is InChI=1S/C15H22N2O4S/c1-11-10-14(6-7-15(11)21-3)22(19,20)16-8-9-17(12(2)18)13-4-5-13/h6-7,10,13,16H,4-5,8-9H2,1-3H3. The lowest BCUT2D eigenvalue weighted by Gasteiger charge is -2.20. The van der Waals surface area contributed by atoms with Gasteiger partial charge in [0.1, 0.15) is 5.75 Å². The van der Waals surface area contributed by atoms with Crippen molar-refractivity contribution in [1.82, 2.24) is 9.62 Å². The Morgan fingerprint density at radius 2 is 2.09 bits per heavy atom. The molecule has 0 saturated heterocycles. The molecule has 1 aliphatic rings. The maximum atomic E-state index is 12.3. The van der Waals surface area contributed by atoms with Gasteiger partial charge in [0, 0.05) is 26.1 Å². The Hall–Kier alpha value is -1.60. The third-order valence-electron chi connectivity index (χ3n) is 3.71. The molecule has 0 atom stereocenters. The van der Waals surface area contributed by atoms with Crippen molar-refractivity contribution in [2.24, 2.45) is 0 Å². The molecule has 1 saturated carbocycles. The molecule has 1 aromatic rings. The van der Waals surface area contributed by atoms with Gasteiger partial charge in [-0.25, -0.2) is 13.1 Å². The Kier molecular flexibility index (Phi) is 5.08. The van der Waals surface area contributed by atoms with Gasteiger partial charge in [-0.05, 0) is 43.5 Å². The van der Waals surface area contributed by atoms with Crippen molar-refractivity contribution in [2.75, 3.05) is 20.2 Å². The van der Waals surface area contributed by atoms with E-state index < -0.39 is 10.0 Å². The zero-order valence-electron chi connectivity index (χ0n) is 13.1. The molecule has 1 amide bonds. The fourth-order valence-electron chi connectivity index (χ4n) is 2.39. The molecule has 1 fully saturated rings. The Labute approximate surface area is 131 Å². The number of rotatable bonds is 7. The summed E-state index contributed by atoms with van der Waals surface area (Å²) in [5, 5.41) is 0. The van der Waals surface area contributed by atoms with Crippen molar-refractivity contribution in [1.29, 1.82) is 0 Å². The number of hydrogen-bond donors (Lipinski definition) is 1. The minimum absolute atomic E-state index is 0.0120. The number of hydrogen-bond acceptors (Lipinski definition) is 4. The van der Waals surface area contributed by atoms with Crippen molar-refractivity contribution >= 4 is 15.9 Å². The predicted octanol–water partition coefficient (Wildman–Crippen LogP) is 1.29. The zero-order valence-corrected chi connectivity index (χ0v) is 13.9. The lowest BCUT2D eigenvalue weighted by Crippen LogP contribution is -2.38. The summed E-state index contributed by atoms with van der Waals surface area (Å²) < 4.78 is 32.2. The summed E-state index contributed by atoms with van der Waals surface area (Å²) in [6.07, 6.45) is 2.01. The first-order valence-electron chi connectivity index (χ1n) is 7.26. The third kappa shape index (κ3) is 3.98. The maximum Gasteiger partial charge on any atom is 0.240 e. The number of methoxy groups -OCH3 is 1. The molecule has 6 nitrogen and oxygen atoms in total. The number of carbonyl (C=O) groups is 1. The van der Waals surface area contributed by atoms with Crippen LogP contribution in [-0.4, -0.2) is 45.5 Å². The van der Waals surface area contributed by atoms with Crippen LogP contribution in [0.5, 0.6) is 5.75 Å². The van der Waals surface area contributed by atoms with Gasteiger partial charge in [0.25, 0.3) is 0 Å². The topological polar surface area (TPSA) is 75.7 Å². The van der Waals surface area contributed by atoms with Gasteiger partial charge in [-0.15, -0.1) is 0 Å². The molecule has 0 unspecified atom stereocenters. The number of nitrogens with one attached hydrogen (secondary N) is 1. The summed E-state index contributed by atoms with van der Waals surface area (Å²) >= 11 is 0. The number of benzene rings is 1. The predicted molar refractivity (Wildman–Crippen MR) is 83.3 cm³/mol. The highest BCUT2D eigenvalue weighted by Crippen LogP contribution is 2.26. The highest BCUT2D eigenvalue weighted by atomic mass is 32.2. The molecule has 122 valence electrons. The van der Waals surface area contributed by atoms with Crippen LogP contribution in [0.3, 0.4) is 0 Å². The van der Waals surface area contributed by atoms with Gasteiger partial charge in [-0.1, -0.05) is 0 Å². The van der Waals surface area contributed by atoms with Gasteiger partial charge in [0.05, 0.1) is 12.0 Å². The van der Waals surface area contributed by atoms with Crippen LogP contribution in [0.4, 0.5) is 0 Å². The number of sulfonamides is 1. The Balaban J connectivity index is 1.98. The van der Waals surface area contributed by atoms with Crippen LogP contribution >= 0.6 is 0 Å². The van der Waals surface area contributed by atoms with Crippen molar-refractivity contribution in [3.63, 3.8) is 0 Å². The van der Waals surface area contributed by atoms with E-state index in [1.54, 1.807) is 31.1 Å². The molecule has 7 heteroatoms. The third-order valence-corrected chi connectivity index (χ3v) is 5.17. The van der Waals surface area contributed by atoms with E-state index in [0.29, 0.717) is 12.3 Å². The van der Waals surface area contributed by atoms with Crippen LogP contribution in [0.2, 0.25) is 0 Å².